The first kappa shape index (κ1) is 30.6. The number of carboxylic acids is 1. The van der Waals surface area contributed by atoms with Crippen LogP contribution in [0.5, 0.6) is 0 Å². The zero-order valence-electron chi connectivity index (χ0n) is 18.9. The number of unbranched alkanes of at least 4 members (excludes halogenated alkanes) is 16. The van der Waals surface area contributed by atoms with E-state index in [1.807, 2.05) is 0 Å². The lowest BCUT2D eigenvalue weighted by atomic mass is 10.0. The van der Waals surface area contributed by atoms with Gasteiger partial charge in [-0.1, -0.05) is 131 Å². The Morgan fingerprint density at radius 2 is 1.00 bits per heavy atom. The van der Waals surface area contributed by atoms with Crippen LogP contribution in [-0.2, 0) is 9.53 Å². The molecule has 0 heterocycles. The van der Waals surface area contributed by atoms with Crippen molar-refractivity contribution < 1.29 is 19.4 Å². The van der Waals surface area contributed by atoms with E-state index >= 15 is 0 Å². The van der Waals surface area contributed by atoms with Crippen molar-refractivity contribution in [3.05, 3.63) is 0 Å². The van der Waals surface area contributed by atoms with Crippen LogP contribution in [0.15, 0.2) is 0 Å². The average Bonchev–Trinajstić information content (AvgIpc) is 2.70. The number of hydrogen-bond acceptors (Lipinski definition) is 3. The molecule has 0 rings (SSSR count). The molecule has 0 spiro atoms. The molecule has 2 N–H and O–H groups in total. The number of carbonyl (C=O) groups excluding carboxylic acids is 1. The van der Waals surface area contributed by atoms with Gasteiger partial charge in [-0.2, -0.15) is 0 Å². The Morgan fingerprint density at radius 1 is 0.645 bits per heavy atom. The molecule has 0 saturated carbocycles. The number of halogens is 3. The summed E-state index contributed by atoms with van der Waals surface area (Å²) in [6, 6.07) is 0. The highest BCUT2D eigenvalue weighted by atomic mass is 35.6. The van der Waals surface area contributed by atoms with Crippen LogP contribution in [0.1, 0.15) is 116 Å². The summed E-state index contributed by atoms with van der Waals surface area (Å²) < 4.78 is 3.22. The number of alkyl halides is 3. The van der Waals surface area contributed by atoms with Crippen molar-refractivity contribution in [1.82, 2.24) is 5.32 Å². The Balaban J connectivity index is 3.14. The second-order valence-corrected chi connectivity index (χ2v) is 10.8. The molecule has 31 heavy (non-hydrogen) atoms. The van der Waals surface area contributed by atoms with Crippen LogP contribution in [0, 0.1) is 0 Å². The summed E-state index contributed by atoms with van der Waals surface area (Å²) >= 11 is 16.5. The maximum atomic E-state index is 11.4. The van der Waals surface area contributed by atoms with Gasteiger partial charge >= 0.3 is 12.1 Å². The van der Waals surface area contributed by atoms with Crippen molar-refractivity contribution in [2.45, 2.75) is 119 Å². The Kier molecular flexibility index (Phi) is 21.2. The molecule has 1 amide bonds. The number of carboxylic acid groups (broad SMARTS) is 1. The minimum Gasteiger partial charge on any atom is -0.481 e. The van der Waals surface area contributed by atoms with Gasteiger partial charge in [0.05, 0.1) is 0 Å². The Hall–Kier alpha value is -0.390. The van der Waals surface area contributed by atoms with Crippen LogP contribution in [0.25, 0.3) is 0 Å². The highest BCUT2D eigenvalue weighted by Crippen LogP contribution is 2.25. The van der Waals surface area contributed by atoms with Crippen molar-refractivity contribution in [3.63, 3.8) is 0 Å². The molecule has 0 bridgehead atoms. The zero-order chi connectivity index (χ0) is 23.2. The van der Waals surface area contributed by atoms with Crippen molar-refractivity contribution in [1.29, 1.82) is 0 Å². The number of hydrogen-bond donors (Lipinski definition) is 2. The lowest BCUT2D eigenvalue weighted by Crippen LogP contribution is -2.28. The summed E-state index contributed by atoms with van der Waals surface area (Å²) in [4.78, 5) is 21.8. The molecule has 0 unspecified atom stereocenters. The number of carbonyl (C=O) groups is 2. The van der Waals surface area contributed by atoms with E-state index in [4.69, 9.17) is 44.6 Å². The molecule has 0 aliphatic heterocycles. The minimum atomic E-state index is -1.57. The quantitative estimate of drug-likeness (QED) is 0.122. The molecule has 8 heteroatoms. The molecule has 0 aromatic carbocycles. The van der Waals surface area contributed by atoms with E-state index < -0.39 is 15.9 Å². The molecule has 0 aliphatic rings. The highest BCUT2D eigenvalue weighted by Gasteiger charge is 2.21. The lowest BCUT2D eigenvalue weighted by molar-refractivity contribution is -0.137. The summed E-state index contributed by atoms with van der Waals surface area (Å²) in [5.74, 6) is -0.676. The van der Waals surface area contributed by atoms with Gasteiger partial charge < -0.3 is 15.2 Å². The lowest BCUT2D eigenvalue weighted by Gasteiger charge is -2.11. The summed E-state index contributed by atoms with van der Waals surface area (Å²) in [6.07, 6.45) is 20.5. The van der Waals surface area contributed by atoms with Crippen LogP contribution in [0.3, 0.4) is 0 Å². The van der Waals surface area contributed by atoms with Gasteiger partial charge in [0.1, 0.15) is 6.61 Å². The number of rotatable bonds is 21. The number of amides is 1. The predicted octanol–water partition coefficient (Wildman–Crippen LogP) is 8.19. The first-order valence-corrected chi connectivity index (χ1v) is 13.1. The Bertz CT molecular complexity index is 445. The van der Waals surface area contributed by atoms with E-state index in [9.17, 15) is 9.59 Å². The van der Waals surface area contributed by atoms with E-state index in [1.165, 1.54) is 83.5 Å². The van der Waals surface area contributed by atoms with Crippen LogP contribution in [0.2, 0.25) is 0 Å². The van der Waals surface area contributed by atoms with Crippen LogP contribution in [0.4, 0.5) is 4.79 Å². The van der Waals surface area contributed by atoms with Crippen molar-refractivity contribution in [3.8, 4) is 0 Å². The van der Waals surface area contributed by atoms with Crippen molar-refractivity contribution in [2.24, 2.45) is 0 Å². The van der Waals surface area contributed by atoms with Crippen LogP contribution >= 0.6 is 34.8 Å². The largest absolute Gasteiger partial charge is 0.481 e. The van der Waals surface area contributed by atoms with Crippen molar-refractivity contribution >= 4 is 46.9 Å². The highest BCUT2D eigenvalue weighted by molar-refractivity contribution is 6.67. The van der Waals surface area contributed by atoms with Gasteiger partial charge in [-0.15, -0.1) is 0 Å². The number of nitrogens with one attached hydrogen (secondary N) is 1. The maximum absolute atomic E-state index is 11.4. The monoisotopic (exact) mass is 501 g/mol. The molecule has 0 fully saturated rings. The summed E-state index contributed by atoms with van der Waals surface area (Å²) in [7, 11) is 0. The number of alkyl carbamates (subject to hydrolysis) is 1. The summed E-state index contributed by atoms with van der Waals surface area (Å²) in [5.41, 5.74) is 0. The molecular formula is C23H42Cl3NO4. The maximum Gasteiger partial charge on any atom is 0.407 e. The van der Waals surface area contributed by atoms with Crippen molar-refractivity contribution in [2.75, 3.05) is 13.2 Å². The van der Waals surface area contributed by atoms with E-state index in [2.05, 4.69) is 5.32 Å². The summed E-state index contributed by atoms with van der Waals surface area (Å²) in [6.45, 7) is 0.338. The van der Waals surface area contributed by atoms with E-state index in [1.54, 1.807) is 0 Å². The number of ether oxygens (including phenoxy) is 1. The third-order valence-corrected chi connectivity index (χ3v) is 5.53. The first-order chi connectivity index (χ1) is 14.8. The minimum absolute atomic E-state index is 0.249. The molecule has 0 aromatic rings. The van der Waals surface area contributed by atoms with Gasteiger partial charge in [0.2, 0.25) is 3.79 Å². The standard InChI is InChI=1S/C23H42Cl3NO4/c24-23(25,26)20-31-22(30)27-19-17-15-13-11-9-7-5-3-1-2-4-6-8-10-12-14-16-18-21(28)29/h1-20H2,(H,27,30)(H,28,29). The van der Waals surface area contributed by atoms with Gasteiger partial charge in [-0.25, -0.2) is 4.79 Å². The average molecular weight is 503 g/mol. The van der Waals surface area contributed by atoms with E-state index in [-0.39, 0.29) is 6.61 Å². The second kappa shape index (κ2) is 21.5. The molecule has 0 radical (unpaired) electrons. The Morgan fingerprint density at radius 3 is 1.35 bits per heavy atom. The third kappa shape index (κ3) is 27.6. The Labute approximate surface area is 203 Å². The molecule has 5 nitrogen and oxygen atoms in total. The van der Waals surface area contributed by atoms with Gasteiger partial charge in [0.15, 0.2) is 0 Å². The fraction of sp³-hybridized carbons (Fsp3) is 0.913. The fourth-order valence-corrected chi connectivity index (χ4v) is 3.61. The third-order valence-electron chi connectivity index (χ3n) is 5.20. The zero-order valence-corrected chi connectivity index (χ0v) is 21.2. The number of aliphatic carboxylic acids is 1. The molecule has 184 valence electrons. The van der Waals surface area contributed by atoms with Gasteiger partial charge in [0, 0.05) is 13.0 Å². The molecular weight excluding hydrogens is 461 g/mol. The molecule has 0 saturated heterocycles. The smallest absolute Gasteiger partial charge is 0.407 e. The fourth-order valence-electron chi connectivity index (χ4n) is 3.44. The molecule has 0 aromatic heterocycles. The topological polar surface area (TPSA) is 75.6 Å². The molecule has 0 aliphatic carbocycles. The SMILES string of the molecule is O=C(O)CCCCCCCCCCCCCCCCCCCNC(=O)OCC(Cl)(Cl)Cl. The van der Waals surface area contributed by atoms with Gasteiger partial charge in [-0.3, -0.25) is 4.79 Å². The van der Waals surface area contributed by atoms with Crippen LogP contribution in [-0.4, -0.2) is 34.1 Å². The molecule has 0 atom stereocenters. The van der Waals surface area contributed by atoms with E-state index in [0.29, 0.717) is 13.0 Å². The van der Waals surface area contributed by atoms with Gasteiger partial charge in [-0.05, 0) is 12.8 Å². The predicted molar refractivity (Wildman–Crippen MR) is 130 cm³/mol. The summed E-state index contributed by atoms with van der Waals surface area (Å²) in [5, 5.41) is 11.2. The normalized spacial score (nSPS) is 11.5. The van der Waals surface area contributed by atoms with Crippen LogP contribution < -0.4 is 5.32 Å². The van der Waals surface area contributed by atoms with Gasteiger partial charge in [0.25, 0.3) is 0 Å². The second-order valence-electron chi connectivity index (χ2n) is 8.27. The first-order valence-electron chi connectivity index (χ1n) is 12.0. The van der Waals surface area contributed by atoms with E-state index in [0.717, 1.165) is 25.7 Å².